The smallest absolute Gasteiger partial charge is 0.416 e. The highest BCUT2D eigenvalue weighted by Gasteiger charge is 2.30. The number of hydrogen-bond donors (Lipinski definition) is 3. The molecule has 35 heavy (non-hydrogen) atoms. The number of carbonyl (C=O) groups excluding carboxylic acids is 1. The number of benzene rings is 3. The van der Waals surface area contributed by atoms with Gasteiger partial charge >= 0.3 is 12.2 Å². The molecule has 3 rings (SSSR count). The lowest BCUT2D eigenvalue weighted by atomic mass is 10.2. The van der Waals surface area contributed by atoms with Crippen LogP contribution in [0.15, 0.2) is 71.6 Å². The second kappa shape index (κ2) is 10.7. The monoisotopic (exact) mass is 507 g/mol. The number of rotatable bonds is 8. The first kappa shape index (κ1) is 25.9. The Hall–Kier alpha value is -3.73. The summed E-state index contributed by atoms with van der Waals surface area (Å²) in [6.07, 6.45) is -3.71. The molecule has 186 valence electrons. The molecular weight excluding hydrogens is 483 g/mol. The first-order chi connectivity index (χ1) is 16.5. The van der Waals surface area contributed by atoms with Crippen LogP contribution < -0.4 is 20.1 Å². The van der Waals surface area contributed by atoms with E-state index >= 15 is 0 Å². The van der Waals surface area contributed by atoms with E-state index in [-0.39, 0.29) is 16.3 Å². The summed E-state index contributed by atoms with van der Waals surface area (Å²) < 4.78 is 72.5. The van der Waals surface area contributed by atoms with Crippen LogP contribution in [0.2, 0.25) is 0 Å². The fraction of sp³-hybridized carbons (Fsp3) is 0.208. The third kappa shape index (κ3) is 7.12. The molecule has 0 atom stereocenters. The van der Waals surface area contributed by atoms with Crippen LogP contribution in [0, 0.1) is 6.92 Å². The number of hydrogen-bond acceptors (Lipinski definition) is 4. The summed E-state index contributed by atoms with van der Waals surface area (Å²) in [5.74, 6) is 0.615. The number of halogens is 3. The molecule has 0 fully saturated rings. The maximum absolute atomic E-state index is 13.0. The fourth-order valence-electron chi connectivity index (χ4n) is 3.08. The number of anilines is 3. The van der Waals surface area contributed by atoms with Crippen LogP contribution in [0.3, 0.4) is 0 Å². The van der Waals surface area contributed by atoms with Crippen molar-refractivity contribution in [3.8, 4) is 5.75 Å². The van der Waals surface area contributed by atoms with Gasteiger partial charge in [-0.25, -0.2) is 13.2 Å². The maximum atomic E-state index is 13.0. The van der Waals surface area contributed by atoms with Crippen LogP contribution in [-0.2, 0) is 16.2 Å². The van der Waals surface area contributed by atoms with Gasteiger partial charge in [0.15, 0.2) is 0 Å². The standard InChI is InChI=1S/C24H24F3N3O4S/c1-3-13-34-21-11-9-18(10-12-21)30-35(32,33)22-15-20(8-7-16(22)2)29-23(31)28-19-6-4-5-17(14-19)24(25,26)27/h4-12,14-15,30H,3,13H2,1-2H3,(H2,28,29,31). The topological polar surface area (TPSA) is 96.5 Å². The van der Waals surface area contributed by atoms with Crippen LogP contribution >= 0.6 is 0 Å². The van der Waals surface area contributed by atoms with Crippen molar-refractivity contribution in [2.24, 2.45) is 0 Å². The SMILES string of the molecule is CCCOc1ccc(NS(=O)(=O)c2cc(NC(=O)Nc3cccc(C(F)(F)F)c3)ccc2C)cc1. The Morgan fingerprint density at radius 1 is 0.914 bits per heavy atom. The van der Waals surface area contributed by atoms with Gasteiger partial charge in [0.05, 0.1) is 17.1 Å². The molecule has 7 nitrogen and oxygen atoms in total. The largest absolute Gasteiger partial charge is 0.494 e. The Kier molecular flexibility index (Phi) is 7.90. The molecule has 0 saturated carbocycles. The molecule has 0 spiro atoms. The van der Waals surface area contributed by atoms with Crippen LogP contribution in [0.4, 0.5) is 35.0 Å². The Bertz CT molecular complexity index is 1290. The summed E-state index contributed by atoms with van der Waals surface area (Å²) in [5, 5.41) is 4.75. The molecule has 0 aliphatic heterocycles. The zero-order valence-corrected chi connectivity index (χ0v) is 19.8. The Morgan fingerprint density at radius 3 is 2.17 bits per heavy atom. The van der Waals surface area contributed by atoms with Gasteiger partial charge in [-0.1, -0.05) is 19.1 Å². The first-order valence-corrected chi connectivity index (χ1v) is 12.1. The molecule has 0 aliphatic carbocycles. The van der Waals surface area contributed by atoms with Crippen molar-refractivity contribution in [2.75, 3.05) is 22.0 Å². The van der Waals surface area contributed by atoms with Crippen molar-refractivity contribution < 1.29 is 31.1 Å². The maximum Gasteiger partial charge on any atom is 0.416 e. The van der Waals surface area contributed by atoms with Crippen molar-refractivity contribution >= 4 is 33.1 Å². The van der Waals surface area contributed by atoms with Crippen molar-refractivity contribution in [3.63, 3.8) is 0 Å². The van der Waals surface area contributed by atoms with E-state index in [0.717, 1.165) is 18.6 Å². The minimum atomic E-state index is -4.55. The molecule has 0 aliphatic rings. The predicted octanol–water partition coefficient (Wildman–Crippen LogP) is 6.25. The lowest BCUT2D eigenvalue weighted by molar-refractivity contribution is -0.137. The number of carbonyl (C=O) groups is 1. The number of sulfonamides is 1. The molecule has 0 heterocycles. The Labute approximate surface area is 201 Å². The second-order valence-electron chi connectivity index (χ2n) is 7.62. The van der Waals surface area contributed by atoms with Crippen molar-refractivity contribution in [1.29, 1.82) is 0 Å². The number of nitrogens with one attached hydrogen (secondary N) is 3. The van der Waals surface area contributed by atoms with Crippen molar-refractivity contribution in [2.45, 2.75) is 31.3 Å². The minimum Gasteiger partial charge on any atom is -0.494 e. The summed E-state index contributed by atoms with van der Waals surface area (Å²) in [4.78, 5) is 12.2. The summed E-state index contributed by atoms with van der Waals surface area (Å²) in [6, 6.07) is 14.0. The van der Waals surface area contributed by atoms with E-state index in [1.807, 2.05) is 6.92 Å². The zero-order chi connectivity index (χ0) is 25.6. The van der Waals surface area contributed by atoms with Gasteiger partial charge in [0.2, 0.25) is 0 Å². The van der Waals surface area contributed by atoms with Crippen molar-refractivity contribution in [3.05, 3.63) is 77.9 Å². The second-order valence-corrected chi connectivity index (χ2v) is 9.27. The van der Waals surface area contributed by atoms with E-state index in [9.17, 15) is 26.4 Å². The van der Waals surface area contributed by atoms with Gasteiger partial charge in [0.25, 0.3) is 10.0 Å². The highest BCUT2D eigenvalue weighted by Crippen LogP contribution is 2.31. The summed E-state index contributed by atoms with van der Waals surface area (Å²) in [5.41, 5.74) is -0.0674. The lowest BCUT2D eigenvalue weighted by Crippen LogP contribution is -2.20. The molecular formula is C24H24F3N3O4S. The fourth-order valence-corrected chi connectivity index (χ4v) is 4.41. The van der Waals surface area contributed by atoms with Crippen LogP contribution in [0.5, 0.6) is 5.75 Å². The van der Waals surface area contributed by atoms with E-state index in [2.05, 4.69) is 15.4 Å². The van der Waals surface area contributed by atoms with E-state index in [1.165, 1.54) is 30.3 Å². The van der Waals surface area contributed by atoms with Crippen molar-refractivity contribution in [1.82, 2.24) is 0 Å². The normalized spacial score (nSPS) is 11.6. The van der Waals surface area contributed by atoms with Gasteiger partial charge in [0.1, 0.15) is 5.75 Å². The van der Waals surface area contributed by atoms with E-state index in [4.69, 9.17) is 4.74 Å². The zero-order valence-electron chi connectivity index (χ0n) is 18.9. The molecule has 0 aromatic heterocycles. The average molecular weight is 508 g/mol. The highest BCUT2D eigenvalue weighted by molar-refractivity contribution is 7.92. The Morgan fingerprint density at radius 2 is 1.54 bits per heavy atom. The molecule has 11 heteroatoms. The lowest BCUT2D eigenvalue weighted by Gasteiger charge is -2.14. The number of amides is 2. The summed E-state index contributed by atoms with van der Waals surface area (Å²) >= 11 is 0. The Balaban J connectivity index is 1.72. The molecule has 0 radical (unpaired) electrons. The highest BCUT2D eigenvalue weighted by atomic mass is 32.2. The van der Waals surface area contributed by atoms with E-state index in [1.54, 1.807) is 31.2 Å². The molecule has 3 aromatic carbocycles. The van der Waals surface area contributed by atoms with Gasteiger partial charge in [-0.2, -0.15) is 13.2 Å². The molecule has 0 saturated heterocycles. The third-order valence-corrected chi connectivity index (χ3v) is 6.29. The molecule has 0 bridgehead atoms. The minimum absolute atomic E-state index is 0.0645. The number of urea groups is 1. The van der Waals surface area contributed by atoms with Crippen LogP contribution in [0.1, 0.15) is 24.5 Å². The predicted molar refractivity (Wildman–Crippen MR) is 128 cm³/mol. The van der Waals surface area contributed by atoms with Crippen LogP contribution in [-0.4, -0.2) is 21.1 Å². The molecule has 0 unspecified atom stereocenters. The van der Waals surface area contributed by atoms with Gasteiger partial charge in [-0.05, 0) is 73.5 Å². The first-order valence-electron chi connectivity index (χ1n) is 10.6. The van der Waals surface area contributed by atoms with E-state index < -0.39 is 27.8 Å². The number of aryl methyl sites for hydroxylation is 1. The summed E-state index contributed by atoms with van der Waals surface area (Å²) in [7, 11) is -4.00. The van der Waals surface area contributed by atoms with Gasteiger partial charge in [0, 0.05) is 17.1 Å². The van der Waals surface area contributed by atoms with Gasteiger partial charge in [-0.3, -0.25) is 4.72 Å². The van der Waals surface area contributed by atoms with Crippen LogP contribution in [0.25, 0.3) is 0 Å². The van der Waals surface area contributed by atoms with E-state index in [0.29, 0.717) is 23.6 Å². The molecule has 3 N–H and O–H groups in total. The number of ether oxygens (including phenoxy) is 1. The summed E-state index contributed by atoms with van der Waals surface area (Å²) in [6.45, 7) is 4.12. The van der Waals surface area contributed by atoms with Gasteiger partial charge in [-0.15, -0.1) is 0 Å². The average Bonchev–Trinajstić information content (AvgIpc) is 2.79. The number of alkyl halides is 3. The molecule has 3 aromatic rings. The molecule has 2 amide bonds. The van der Waals surface area contributed by atoms with Gasteiger partial charge < -0.3 is 15.4 Å². The quantitative estimate of drug-likeness (QED) is 0.336. The third-order valence-electron chi connectivity index (χ3n) is 4.76.